The Labute approximate surface area is 117 Å². The van der Waals surface area contributed by atoms with Crippen LogP contribution >= 0.6 is 7.29 Å². The predicted molar refractivity (Wildman–Crippen MR) is 82.2 cm³/mol. The van der Waals surface area contributed by atoms with Crippen LogP contribution in [0.25, 0.3) is 0 Å². The molecule has 4 nitrogen and oxygen atoms in total. The topological polar surface area (TPSA) is 49.4 Å². The van der Waals surface area contributed by atoms with Gasteiger partial charge in [-0.3, -0.25) is 4.57 Å². The zero-order chi connectivity index (χ0) is 14.2. The fourth-order valence-electron chi connectivity index (χ4n) is 2.49. The number of hydrogen-bond donors (Lipinski definition) is 1. The Balaban J connectivity index is 2.21. The largest absolute Gasteiger partial charge is 0.332 e. The Morgan fingerprint density at radius 3 is 2.40 bits per heavy atom. The molecule has 0 radical (unpaired) electrons. The highest BCUT2D eigenvalue weighted by Gasteiger charge is 2.41. The van der Waals surface area contributed by atoms with E-state index < -0.39 is 7.29 Å². The van der Waals surface area contributed by atoms with Gasteiger partial charge in [-0.25, -0.2) is 9.46 Å². The molecule has 0 fully saturated rings. The molecule has 1 unspecified atom stereocenters. The SMILES string of the molecule is CCP1(=O)c2ccccc2NC(=O)N1c1ccccc1. The van der Waals surface area contributed by atoms with E-state index in [1.165, 1.54) is 4.67 Å². The number of carbonyl (C=O) groups excluding carboxylic acids is 1. The molecule has 102 valence electrons. The third-order valence-electron chi connectivity index (χ3n) is 3.47. The summed E-state index contributed by atoms with van der Waals surface area (Å²) < 4.78 is 14.8. The normalized spacial score (nSPS) is 21.2. The maximum atomic E-state index is 13.4. The molecule has 0 aromatic heterocycles. The van der Waals surface area contributed by atoms with Crippen LogP contribution in [0.5, 0.6) is 0 Å². The van der Waals surface area contributed by atoms with Gasteiger partial charge in [-0.05, 0) is 24.3 Å². The van der Waals surface area contributed by atoms with Gasteiger partial charge in [-0.2, -0.15) is 0 Å². The summed E-state index contributed by atoms with van der Waals surface area (Å²) in [5, 5.41) is 3.53. The molecule has 5 heteroatoms. The summed E-state index contributed by atoms with van der Waals surface area (Å²) in [6.45, 7) is 1.85. The molecular formula is C15H15N2O2P. The zero-order valence-corrected chi connectivity index (χ0v) is 12.0. The quantitative estimate of drug-likeness (QED) is 0.856. The number of amides is 2. The number of carbonyl (C=O) groups is 1. The molecule has 20 heavy (non-hydrogen) atoms. The van der Waals surface area contributed by atoms with Gasteiger partial charge in [-0.15, -0.1) is 0 Å². The van der Waals surface area contributed by atoms with E-state index >= 15 is 0 Å². The first-order valence-electron chi connectivity index (χ1n) is 6.52. The van der Waals surface area contributed by atoms with E-state index in [1.807, 2.05) is 43.3 Å². The second kappa shape index (κ2) is 4.80. The smallest absolute Gasteiger partial charge is 0.306 e. The molecule has 3 rings (SSSR count). The Morgan fingerprint density at radius 1 is 1.05 bits per heavy atom. The third kappa shape index (κ3) is 1.84. The summed E-state index contributed by atoms with van der Waals surface area (Å²) in [6.07, 6.45) is 0.409. The van der Waals surface area contributed by atoms with E-state index in [4.69, 9.17) is 0 Å². The van der Waals surface area contributed by atoms with E-state index in [0.29, 0.717) is 22.8 Å². The van der Waals surface area contributed by atoms with Gasteiger partial charge in [0.2, 0.25) is 7.29 Å². The molecule has 0 aliphatic carbocycles. The lowest BCUT2D eigenvalue weighted by Crippen LogP contribution is -2.42. The summed E-state index contributed by atoms with van der Waals surface area (Å²) in [5.41, 5.74) is 1.31. The van der Waals surface area contributed by atoms with Crippen molar-refractivity contribution in [2.45, 2.75) is 6.92 Å². The van der Waals surface area contributed by atoms with Crippen molar-refractivity contribution >= 4 is 30.0 Å². The van der Waals surface area contributed by atoms with Crippen molar-refractivity contribution in [3.8, 4) is 0 Å². The maximum Gasteiger partial charge on any atom is 0.332 e. The van der Waals surface area contributed by atoms with Crippen LogP contribution in [0.3, 0.4) is 0 Å². The van der Waals surface area contributed by atoms with Gasteiger partial charge in [0, 0.05) is 6.16 Å². The Bertz CT molecular complexity index is 700. The Kier molecular flexibility index (Phi) is 3.11. The molecule has 0 saturated carbocycles. The minimum atomic E-state index is -2.95. The number of fused-ring (bicyclic) bond motifs is 1. The van der Waals surface area contributed by atoms with Gasteiger partial charge in [0.05, 0.1) is 16.7 Å². The summed E-state index contributed by atoms with van der Waals surface area (Å²) in [6, 6.07) is 16.1. The minimum Gasteiger partial charge on any atom is -0.306 e. The monoisotopic (exact) mass is 286 g/mol. The number of nitrogens with zero attached hydrogens (tertiary/aromatic N) is 1. The fourth-order valence-corrected chi connectivity index (χ4v) is 5.01. The van der Waals surface area contributed by atoms with Crippen LogP contribution in [-0.2, 0) is 4.57 Å². The molecule has 0 saturated heterocycles. The zero-order valence-electron chi connectivity index (χ0n) is 11.1. The van der Waals surface area contributed by atoms with Crippen LogP contribution in [0.2, 0.25) is 0 Å². The standard InChI is InChI=1S/C15H15N2O2P/c1-2-20(19)14-11-7-6-10-13(14)16-15(18)17(20)12-8-4-3-5-9-12/h3-11H,2H2,1H3,(H,16,18). The number of anilines is 2. The molecular weight excluding hydrogens is 271 g/mol. The van der Waals surface area contributed by atoms with Crippen LogP contribution in [-0.4, -0.2) is 12.2 Å². The molecule has 1 atom stereocenters. The summed E-state index contributed by atoms with van der Waals surface area (Å²) in [5.74, 6) is 0. The van der Waals surface area contributed by atoms with Crippen LogP contribution in [0.15, 0.2) is 54.6 Å². The van der Waals surface area contributed by atoms with Crippen molar-refractivity contribution in [3.63, 3.8) is 0 Å². The lowest BCUT2D eigenvalue weighted by molar-refractivity contribution is 0.259. The van der Waals surface area contributed by atoms with Crippen LogP contribution in [0, 0.1) is 0 Å². The van der Waals surface area contributed by atoms with Crippen molar-refractivity contribution in [2.24, 2.45) is 0 Å². The summed E-state index contributed by atoms with van der Waals surface area (Å²) >= 11 is 0. The van der Waals surface area contributed by atoms with E-state index in [9.17, 15) is 9.36 Å². The lowest BCUT2D eigenvalue weighted by atomic mass is 10.3. The molecule has 0 spiro atoms. The highest BCUT2D eigenvalue weighted by molar-refractivity contribution is 7.74. The first-order chi connectivity index (χ1) is 9.66. The van der Waals surface area contributed by atoms with Gasteiger partial charge in [-0.1, -0.05) is 37.3 Å². The highest BCUT2D eigenvalue weighted by atomic mass is 31.2. The number of benzene rings is 2. The van der Waals surface area contributed by atoms with Crippen LogP contribution in [0.1, 0.15) is 6.92 Å². The second-order valence-electron chi connectivity index (χ2n) is 4.61. The van der Waals surface area contributed by atoms with E-state index in [1.54, 1.807) is 18.2 Å². The van der Waals surface area contributed by atoms with Gasteiger partial charge >= 0.3 is 6.03 Å². The number of para-hydroxylation sites is 2. The van der Waals surface area contributed by atoms with E-state index in [2.05, 4.69) is 5.32 Å². The summed E-state index contributed by atoms with van der Waals surface area (Å²) in [7, 11) is -2.95. The third-order valence-corrected chi connectivity index (χ3v) is 6.53. The van der Waals surface area contributed by atoms with E-state index in [-0.39, 0.29) is 6.03 Å². The Hall–Kier alpha value is -2.06. The molecule has 1 heterocycles. The molecule has 1 N–H and O–H groups in total. The van der Waals surface area contributed by atoms with Gasteiger partial charge in [0.1, 0.15) is 0 Å². The molecule has 2 aromatic rings. The average molecular weight is 286 g/mol. The van der Waals surface area contributed by atoms with Crippen molar-refractivity contribution < 1.29 is 9.36 Å². The van der Waals surface area contributed by atoms with Crippen molar-refractivity contribution in [3.05, 3.63) is 54.6 Å². The van der Waals surface area contributed by atoms with Gasteiger partial charge < -0.3 is 5.32 Å². The summed E-state index contributed by atoms with van der Waals surface area (Å²) in [4.78, 5) is 12.4. The van der Waals surface area contributed by atoms with Crippen LogP contribution < -0.4 is 15.3 Å². The second-order valence-corrected chi connectivity index (χ2v) is 7.53. The number of hydrogen-bond acceptors (Lipinski definition) is 2. The molecule has 2 aromatic carbocycles. The average Bonchev–Trinajstić information content (AvgIpc) is 2.48. The van der Waals surface area contributed by atoms with Crippen LogP contribution in [0.4, 0.5) is 16.2 Å². The number of urea groups is 1. The van der Waals surface area contributed by atoms with Gasteiger partial charge in [0.25, 0.3) is 0 Å². The highest BCUT2D eigenvalue weighted by Crippen LogP contribution is 2.54. The van der Waals surface area contributed by atoms with Crippen molar-refractivity contribution in [1.82, 2.24) is 0 Å². The maximum absolute atomic E-state index is 13.4. The first kappa shape index (κ1) is 12.9. The molecule has 1 aliphatic heterocycles. The predicted octanol–water partition coefficient (Wildman–Crippen LogP) is 3.66. The number of rotatable bonds is 2. The number of nitrogens with one attached hydrogen (secondary N) is 1. The van der Waals surface area contributed by atoms with E-state index in [0.717, 1.165) is 0 Å². The minimum absolute atomic E-state index is 0.333. The molecule has 0 bridgehead atoms. The van der Waals surface area contributed by atoms with Crippen molar-refractivity contribution in [1.29, 1.82) is 0 Å². The Morgan fingerprint density at radius 2 is 1.70 bits per heavy atom. The van der Waals surface area contributed by atoms with Crippen molar-refractivity contribution in [2.75, 3.05) is 16.1 Å². The fraction of sp³-hybridized carbons (Fsp3) is 0.133. The first-order valence-corrected chi connectivity index (χ1v) is 8.36. The lowest BCUT2D eigenvalue weighted by Gasteiger charge is -2.36. The molecule has 1 aliphatic rings. The van der Waals surface area contributed by atoms with Gasteiger partial charge in [0.15, 0.2) is 0 Å². The molecule has 2 amide bonds.